The van der Waals surface area contributed by atoms with Gasteiger partial charge in [-0.1, -0.05) is 12.1 Å². The van der Waals surface area contributed by atoms with Gasteiger partial charge in [-0.3, -0.25) is 4.79 Å². The molecule has 1 amide bonds. The fraction of sp³-hybridized carbons (Fsp3) is 0.333. The summed E-state index contributed by atoms with van der Waals surface area (Å²) < 4.78 is 0. The van der Waals surface area contributed by atoms with E-state index >= 15 is 0 Å². The summed E-state index contributed by atoms with van der Waals surface area (Å²) in [6, 6.07) is 6.09. The van der Waals surface area contributed by atoms with E-state index in [1.54, 1.807) is 12.1 Å². The molecule has 1 aromatic rings. The van der Waals surface area contributed by atoms with E-state index in [0.29, 0.717) is 13.1 Å². The molecule has 4 nitrogen and oxygen atoms in total. The zero-order valence-electron chi connectivity index (χ0n) is 9.60. The molecule has 98 valence electrons. The normalized spacial score (nSPS) is 10.1. The number of rotatable bonds is 6. The molecule has 0 unspecified atom stereocenters. The SMILES string of the molecule is O=C(O)c1ccccc1C(=O)N(CCCl)CCCl. The van der Waals surface area contributed by atoms with Crippen LogP contribution in [-0.2, 0) is 0 Å². The minimum absolute atomic E-state index is 0.0170. The summed E-state index contributed by atoms with van der Waals surface area (Å²) in [4.78, 5) is 24.7. The average molecular weight is 290 g/mol. The van der Waals surface area contributed by atoms with Gasteiger partial charge in [-0.15, -0.1) is 23.2 Å². The Hall–Kier alpha value is -1.26. The van der Waals surface area contributed by atoms with Crippen molar-refractivity contribution in [2.75, 3.05) is 24.8 Å². The van der Waals surface area contributed by atoms with Crippen molar-refractivity contribution in [3.05, 3.63) is 35.4 Å². The highest BCUT2D eigenvalue weighted by atomic mass is 35.5. The van der Waals surface area contributed by atoms with E-state index in [-0.39, 0.29) is 28.8 Å². The van der Waals surface area contributed by atoms with E-state index in [9.17, 15) is 9.59 Å². The van der Waals surface area contributed by atoms with Crippen LogP contribution in [0.2, 0.25) is 0 Å². The molecule has 1 N–H and O–H groups in total. The van der Waals surface area contributed by atoms with Gasteiger partial charge < -0.3 is 10.0 Å². The third-order valence-corrected chi connectivity index (χ3v) is 2.72. The second-order valence-corrected chi connectivity index (χ2v) is 4.28. The molecule has 0 saturated carbocycles. The summed E-state index contributed by atoms with van der Waals surface area (Å²) in [5, 5.41) is 9.03. The Morgan fingerprint density at radius 2 is 1.56 bits per heavy atom. The van der Waals surface area contributed by atoms with Crippen LogP contribution in [0.4, 0.5) is 0 Å². The fourth-order valence-corrected chi connectivity index (χ4v) is 1.95. The van der Waals surface area contributed by atoms with Crippen molar-refractivity contribution < 1.29 is 14.7 Å². The van der Waals surface area contributed by atoms with Gasteiger partial charge in [0.1, 0.15) is 0 Å². The van der Waals surface area contributed by atoms with E-state index in [0.717, 1.165) is 0 Å². The molecule has 1 aromatic carbocycles. The maximum Gasteiger partial charge on any atom is 0.336 e. The molecule has 6 heteroatoms. The van der Waals surface area contributed by atoms with Crippen molar-refractivity contribution in [1.29, 1.82) is 0 Å². The third-order valence-electron chi connectivity index (χ3n) is 2.38. The Kier molecular flexibility index (Phi) is 5.95. The summed E-state index contributed by atoms with van der Waals surface area (Å²) in [5.41, 5.74) is 0.136. The lowest BCUT2D eigenvalue weighted by atomic mass is 10.1. The van der Waals surface area contributed by atoms with Gasteiger partial charge in [0.05, 0.1) is 11.1 Å². The summed E-state index contributed by atoms with van der Waals surface area (Å²) in [6.45, 7) is 0.669. The number of halogens is 2. The molecule has 0 aromatic heterocycles. The van der Waals surface area contributed by atoms with Gasteiger partial charge in [-0.2, -0.15) is 0 Å². The van der Waals surface area contributed by atoms with Gasteiger partial charge in [0.25, 0.3) is 5.91 Å². The Morgan fingerprint density at radius 1 is 1.06 bits per heavy atom. The van der Waals surface area contributed by atoms with E-state index in [1.165, 1.54) is 17.0 Å². The van der Waals surface area contributed by atoms with Gasteiger partial charge in [-0.25, -0.2) is 4.79 Å². The molecule has 18 heavy (non-hydrogen) atoms. The Balaban J connectivity index is 3.04. The van der Waals surface area contributed by atoms with Crippen LogP contribution in [0.3, 0.4) is 0 Å². The molecule has 0 aliphatic heterocycles. The maximum absolute atomic E-state index is 12.2. The highest BCUT2D eigenvalue weighted by molar-refractivity contribution is 6.18. The first kappa shape index (κ1) is 14.8. The van der Waals surface area contributed by atoms with E-state index in [4.69, 9.17) is 28.3 Å². The van der Waals surface area contributed by atoms with Gasteiger partial charge in [0.2, 0.25) is 0 Å². The Labute approximate surface area is 115 Å². The summed E-state index contributed by atoms with van der Waals surface area (Å²) in [7, 11) is 0. The molecule has 1 rings (SSSR count). The fourth-order valence-electron chi connectivity index (χ4n) is 1.55. The predicted octanol–water partition coefficient (Wildman–Crippen LogP) is 2.30. The van der Waals surface area contributed by atoms with E-state index < -0.39 is 5.97 Å². The molecule has 0 spiro atoms. The highest BCUT2D eigenvalue weighted by Crippen LogP contribution is 2.12. The minimum Gasteiger partial charge on any atom is -0.478 e. The molecule has 0 atom stereocenters. The second-order valence-electron chi connectivity index (χ2n) is 3.52. The lowest BCUT2D eigenvalue weighted by Crippen LogP contribution is -2.35. The molecule has 0 aliphatic rings. The highest BCUT2D eigenvalue weighted by Gasteiger charge is 2.20. The van der Waals surface area contributed by atoms with Gasteiger partial charge in [0.15, 0.2) is 0 Å². The largest absolute Gasteiger partial charge is 0.478 e. The molecule has 0 aliphatic carbocycles. The monoisotopic (exact) mass is 289 g/mol. The van der Waals surface area contributed by atoms with Crippen LogP contribution in [-0.4, -0.2) is 46.7 Å². The summed E-state index contributed by atoms with van der Waals surface area (Å²) in [6.07, 6.45) is 0. The number of amides is 1. The Bertz CT molecular complexity index is 431. The lowest BCUT2D eigenvalue weighted by Gasteiger charge is -2.21. The standard InChI is InChI=1S/C12H13Cl2NO3/c13-5-7-15(8-6-14)11(16)9-3-1-2-4-10(9)12(17)18/h1-4H,5-8H2,(H,17,18). The third kappa shape index (κ3) is 3.62. The molecule has 0 fully saturated rings. The van der Waals surface area contributed by atoms with Crippen LogP contribution >= 0.6 is 23.2 Å². The zero-order valence-corrected chi connectivity index (χ0v) is 11.1. The first-order chi connectivity index (χ1) is 8.61. The van der Waals surface area contributed by atoms with Gasteiger partial charge in [-0.05, 0) is 12.1 Å². The number of carbonyl (C=O) groups is 2. The lowest BCUT2D eigenvalue weighted by molar-refractivity contribution is 0.0678. The zero-order chi connectivity index (χ0) is 13.5. The first-order valence-electron chi connectivity index (χ1n) is 5.35. The summed E-state index contributed by atoms with van der Waals surface area (Å²) >= 11 is 11.2. The Morgan fingerprint density at radius 3 is 2.00 bits per heavy atom. The number of hydrogen-bond donors (Lipinski definition) is 1. The van der Waals surface area contributed by atoms with Crippen molar-refractivity contribution in [3.63, 3.8) is 0 Å². The number of hydrogen-bond acceptors (Lipinski definition) is 2. The van der Waals surface area contributed by atoms with Crippen LogP contribution in [0.25, 0.3) is 0 Å². The van der Waals surface area contributed by atoms with Crippen molar-refractivity contribution in [2.45, 2.75) is 0 Å². The molecular weight excluding hydrogens is 277 g/mol. The molecule has 0 bridgehead atoms. The number of aromatic carboxylic acids is 1. The van der Waals surface area contributed by atoms with Gasteiger partial charge in [0, 0.05) is 24.8 Å². The summed E-state index contributed by atoms with van der Waals surface area (Å²) in [5.74, 6) is -0.944. The van der Waals surface area contributed by atoms with Gasteiger partial charge >= 0.3 is 5.97 Å². The maximum atomic E-state index is 12.2. The van der Waals surface area contributed by atoms with Crippen molar-refractivity contribution >= 4 is 35.1 Å². The number of nitrogens with zero attached hydrogens (tertiary/aromatic N) is 1. The molecule has 0 heterocycles. The minimum atomic E-state index is -1.13. The quantitative estimate of drug-likeness (QED) is 0.818. The smallest absolute Gasteiger partial charge is 0.336 e. The number of alkyl halides is 2. The number of benzene rings is 1. The number of carbonyl (C=O) groups excluding carboxylic acids is 1. The van der Waals surface area contributed by atoms with Crippen LogP contribution in [0.1, 0.15) is 20.7 Å². The second kappa shape index (κ2) is 7.24. The van der Waals surface area contributed by atoms with Crippen LogP contribution in [0, 0.1) is 0 Å². The first-order valence-corrected chi connectivity index (χ1v) is 6.42. The van der Waals surface area contributed by atoms with Crippen LogP contribution < -0.4 is 0 Å². The predicted molar refractivity (Wildman–Crippen MR) is 70.7 cm³/mol. The van der Waals surface area contributed by atoms with E-state index in [1.807, 2.05) is 0 Å². The topological polar surface area (TPSA) is 57.6 Å². The van der Waals surface area contributed by atoms with Crippen LogP contribution in [0.5, 0.6) is 0 Å². The van der Waals surface area contributed by atoms with Crippen molar-refractivity contribution in [3.8, 4) is 0 Å². The van der Waals surface area contributed by atoms with Crippen LogP contribution in [0.15, 0.2) is 24.3 Å². The average Bonchev–Trinajstić information content (AvgIpc) is 2.37. The van der Waals surface area contributed by atoms with Crippen molar-refractivity contribution in [2.24, 2.45) is 0 Å². The van der Waals surface area contributed by atoms with E-state index in [2.05, 4.69) is 0 Å². The molecule has 0 saturated heterocycles. The number of carboxylic acids is 1. The van der Waals surface area contributed by atoms with Crippen molar-refractivity contribution in [1.82, 2.24) is 4.90 Å². The molecule has 0 radical (unpaired) electrons. The molecular formula is C12H13Cl2NO3. The number of carboxylic acid groups (broad SMARTS) is 1.